The van der Waals surface area contributed by atoms with Gasteiger partial charge in [-0.15, -0.1) is 0 Å². The highest BCUT2D eigenvalue weighted by Crippen LogP contribution is 2.50. The molecule has 3 nitrogen and oxygen atoms in total. The van der Waals surface area contributed by atoms with Crippen LogP contribution in [0.2, 0.25) is 0 Å². The molecule has 2 aliphatic heterocycles. The van der Waals surface area contributed by atoms with Crippen molar-refractivity contribution in [2.45, 2.75) is 5.79 Å². The lowest BCUT2D eigenvalue weighted by molar-refractivity contribution is -0.134. The zero-order valence-corrected chi connectivity index (χ0v) is 9.76. The number of rotatable bonds is 0. The van der Waals surface area contributed by atoms with E-state index in [-0.39, 0.29) is 0 Å². The van der Waals surface area contributed by atoms with Crippen molar-refractivity contribution < 1.29 is 14.2 Å². The third-order valence-electron chi connectivity index (χ3n) is 3.40. The first-order valence-electron chi connectivity index (χ1n) is 6.05. The molecule has 3 heteroatoms. The van der Waals surface area contributed by atoms with Crippen molar-refractivity contribution in [2.24, 2.45) is 0 Å². The fourth-order valence-electron chi connectivity index (χ4n) is 2.64. The maximum atomic E-state index is 5.93. The van der Waals surface area contributed by atoms with E-state index in [1.807, 2.05) is 48.5 Å². The Bertz CT molecular complexity index is 553. The average Bonchev–Trinajstić information content (AvgIpc) is 2.90. The molecule has 0 bridgehead atoms. The molecule has 18 heavy (non-hydrogen) atoms. The van der Waals surface area contributed by atoms with Gasteiger partial charge in [0.15, 0.2) is 0 Å². The normalized spacial score (nSPS) is 19.1. The Morgan fingerprint density at radius 2 is 1.22 bits per heavy atom. The van der Waals surface area contributed by atoms with Gasteiger partial charge in [0.25, 0.3) is 0 Å². The molecule has 2 aromatic carbocycles. The fourth-order valence-corrected chi connectivity index (χ4v) is 2.64. The van der Waals surface area contributed by atoms with Crippen molar-refractivity contribution in [3.63, 3.8) is 0 Å². The van der Waals surface area contributed by atoms with Crippen LogP contribution in [0.25, 0.3) is 0 Å². The van der Waals surface area contributed by atoms with Gasteiger partial charge in [0.05, 0.1) is 24.3 Å². The first kappa shape index (κ1) is 10.1. The summed E-state index contributed by atoms with van der Waals surface area (Å²) in [4.78, 5) is 0. The molecule has 2 aliphatic rings. The fraction of sp³-hybridized carbons (Fsp3) is 0.200. The summed E-state index contributed by atoms with van der Waals surface area (Å²) in [5.41, 5.74) is 1.89. The summed E-state index contributed by atoms with van der Waals surface area (Å²) in [6, 6.07) is 15.7. The summed E-state index contributed by atoms with van der Waals surface area (Å²) in [6.45, 7) is 1.20. The molecular weight excluding hydrogens is 228 g/mol. The molecule has 1 saturated heterocycles. The minimum atomic E-state index is -0.786. The molecule has 4 rings (SSSR count). The SMILES string of the molecule is c1ccc2c(c1)Oc1ccccc1C21OCCO1. The summed E-state index contributed by atoms with van der Waals surface area (Å²) < 4.78 is 17.8. The van der Waals surface area contributed by atoms with Gasteiger partial charge in [0.2, 0.25) is 5.79 Å². The van der Waals surface area contributed by atoms with Crippen LogP contribution < -0.4 is 4.74 Å². The Kier molecular flexibility index (Phi) is 2.01. The summed E-state index contributed by atoms with van der Waals surface area (Å²) in [5, 5.41) is 0. The van der Waals surface area contributed by atoms with Gasteiger partial charge in [0, 0.05) is 0 Å². The molecule has 0 amide bonds. The lowest BCUT2D eigenvalue weighted by Crippen LogP contribution is -2.32. The molecule has 0 N–H and O–H groups in total. The predicted molar refractivity (Wildman–Crippen MR) is 65.6 cm³/mol. The highest BCUT2D eigenvalue weighted by atomic mass is 16.7. The molecule has 0 aliphatic carbocycles. The van der Waals surface area contributed by atoms with E-state index in [9.17, 15) is 0 Å². The Morgan fingerprint density at radius 1 is 0.722 bits per heavy atom. The zero-order chi connectivity index (χ0) is 12.0. The number of fused-ring (bicyclic) bond motifs is 4. The third kappa shape index (κ3) is 1.20. The Morgan fingerprint density at radius 3 is 1.78 bits per heavy atom. The topological polar surface area (TPSA) is 27.7 Å². The van der Waals surface area contributed by atoms with Gasteiger partial charge in [0.1, 0.15) is 11.5 Å². The van der Waals surface area contributed by atoms with Gasteiger partial charge >= 0.3 is 0 Å². The predicted octanol–water partition coefficient (Wildman–Crippen LogP) is 3.04. The molecule has 0 saturated carbocycles. The largest absolute Gasteiger partial charge is 0.456 e. The van der Waals surface area contributed by atoms with E-state index in [0.717, 1.165) is 22.6 Å². The van der Waals surface area contributed by atoms with Crippen molar-refractivity contribution >= 4 is 0 Å². The maximum absolute atomic E-state index is 5.93. The quantitative estimate of drug-likeness (QED) is 0.708. The second-order valence-corrected chi connectivity index (χ2v) is 4.41. The lowest BCUT2D eigenvalue weighted by atomic mass is 9.93. The van der Waals surface area contributed by atoms with Crippen LogP contribution in [-0.2, 0) is 15.3 Å². The summed E-state index contributed by atoms with van der Waals surface area (Å²) in [5.74, 6) is 0.821. The monoisotopic (exact) mass is 240 g/mol. The highest BCUT2D eigenvalue weighted by Gasteiger charge is 2.47. The number of hydrogen-bond acceptors (Lipinski definition) is 3. The number of hydrogen-bond donors (Lipinski definition) is 0. The van der Waals surface area contributed by atoms with Gasteiger partial charge in [-0.25, -0.2) is 0 Å². The van der Waals surface area contributed by atoms with Crippen LogP contribution in [0.1, 0.15) is 11.1 Å². The van der Waals surface area contributed by atoms with E-state index >= 15 is 0 Å². The molecule has 2 aromatic rings. The molecule has 1 spiro atoms. The number of benzene rings is 2. The lowest BCUT2D eigenvalue weighted by Gasteiger charge is -2.34. The Balaban J connectivity index is 2.01. The van der Waals surface area contributed by atoms with Crippen LogP contribution >= 0.6 is 0 Å². The number of para-hydroxylation sites is 2. The van der Waals surface area contributed by atoms with Crippen LogP contribution in [0.5, 0.6) is 11.5 Å². The van der Waals surface area contributed by atoms with Crippen LogP contribution in [0, 0.1) is 0 Å². The van der Waals surface area contributed by atoms with E-state index < -0.39 is 5.79 Å². The van der Waals surface area contributed by atoms with Gasteiger partial charge in [-0.2, -0.15) is 0 Å². The maximum Gasteiger partial charge on any atom is 0.229 e. The van der Waals surface area contributed by atoms with Crippen LogP contribution in [0.15, 0.2) is 48.5 Å². The van der Waals surface area contributed by atoms with Crippen molar-refractivity contribution in [1.82, 2.24) is 0 Å². The molecule has 1 fully saturated rings. The molecule has 2 heterocycles. The van der Waals surface area contributed by atoms with Crippen molar-refractivity contribution in [3.8, 4) is 11.5 Å². The molecular formula is C15H12O3. The molecule has 90 valence electrons. The minimum Gasteiger partial charge on any atom is -0.456 e. The van der Waals surface area contributed by atoms with E-state index in [2.05, 4.69) is 0 Å². The molecule has 0 atom stereocenters. The van der Waals surface area contributed by atoms with E-state index in [1.54, 1.807) is 0 Å². The third-order valence-corrected chi connectivity index (χ3v) is 3.40. The first-order chi connectivity index (χ1) is 8.90. The van der Waals surface area contributed by atoms with Gasteiger partial charge in [-0.1, -0.05) is 24.3 Å². The zero-order valence-electron chi connectivity index (χ0n) is 9.76. The number of ether oxygens (including phenoxy) is 3. The Labute approximate surface area is 105 Å². The van der Waals surface area contributed by atoms with Crippen molar-refractivity contribution in [2.75, 3.05) is 13.2 Å². The van der Waals surface area contributed by atoms with Gasteiger partial charge in [-0.3, -0.25) is 0 Å². The summed E-state index contributed by atoms with van der Waals surface area (Å²) in [6.07, 6.45) is 0. The van der Waals surface area contributed by atoms with E-state index in [4.69, 9.17) is 14.2 Å². The van der Waals surface area contributed by atoms with Crippen molar-refractivity contribution in [1.29, 1.82) is 0 Å². The second kappa shape index (κ2) is 3.57. The minimum absolute atomic E-state index is 0.600. The van der Waals surface area contributed by atoms with E-state index in [1.165, 1.54) is 0 Å². The van der Waals surface area contributed by atoms with Crippen LogP contribution in [0.3, 0.4) is 0 Å². The smallest absolute Gasteiger partial charge is 0.229 e. The Hall–Kier alpha value is -1.84. The van der Waals surface area contributed by atoms with Gasteiger partial charge in [-0.05, 0) is 24.3 Å². The summed E-state index contributed by atoms with van der Waals surface area (Å²) >= 11 is 0. The van der Waals surface area contributed by atoms with Crippen LogP contribution in [0.4, 0.5) is 0 Å². The summed E-state index contributed by atoms with van der Waals surface area (Å²) in [7, 11) is 0. The van der Waals surface area contributed by atoms with Gasteiger partial charge < -0.3 is 14.2 Å². The molecule has 0 unspecified atom stereocenters. The first-order valence-corrected chi connectivity index (χ1v) is 6.05. The van der Waals surface area contributed by atoms with Crippen molar-refractivity contribution in [3.05, 3.63) is 59.7 Å². The average molecular weight is 240 g/mol. The molecule has 0 aromatic heterocycles. The molecule has 0 radical (unpaired) electrons. The highest BCUT2D eigenvalue weighted by molar-refractivity contribution is 5.54. The van der Waals surface area contributed by atoms with E-state index in [0.29, 0.717) is 13.2 Å². The second-order valence-electron chi connectivity index (χ2n) is 4.41. The van der Waals surface area contributed by atoms with Crippen LogP contribution in [-0.4, -0.2) is 13.2 Å². The standard InChI is InChI=1S/C15H12O3/c1-3-7-13-11(5-1)15(16-9-10-17-15)12-6-2-4-8-14(12)18-13/h1-8H,9-10H2.